The number of hydrogen-bond acceptors (Lipinski definition) is 4. The van der Waals surface area contributed by atoms with Crippen LogP contribution < -0.4 is 4.18 Å². The molecule has 1 atom stereocenters. The largest absolute Gasteiger partial charge is 0.534 e. The van der Waals surface area contributed by atoms with Crippen LogP contribution in [0.1, 0.15) is 49.8 Å². The third-order valence-corrected chi connectivity index (χ3v) is 4.38. The van der Waals surface area contributed by atoms with Crippen molar-refractivity contribution >= 4 is 15.9 Å². The van der Waals surface area contributed by atoms with E-state index >= 15 is 0 Å². The van der Waals surface area contributed by atoms with E-state index in [1.807, 2.05) is 13.8 Å². The van der Waals surface area contributed by atoms with Crippen LogP contribution in [0.25, 0.3) is 0 Å². The van der Waals surface area contributed by atoms with Crippen LogP contribution in [0.2, 0.25) is 0 Å². The molecule has 130 valence electrons. The molecular weight excluding hydrogens is 333 g/mol. The van der Waals surface area contributed by atoms with Crippen molar-refractivity contribution in [1.29, 1.82) is 0 Å². The van der Waals surface area contributed by atoms with Gasteiger partial charge in [0, 0.05) is 18.4 Å². The molecule has 1 aliphatic carbocycles. The Morgan fingerprint density at radius 1 is 1.22 bits per heavy atom. The van der Waals surface area contributed by atoms with E-state index in [0.29, 0.717) is 5.56 Å². The van der Waals surface area contributed by atoms with E-state index in [1.165, 1.54) is 6.07 Å². The van der Waals surface area contributed by atoms with Gasteiger partial charge in [0.15, 0.2) is 0 Å². The number of hydrogen-bond donors (Lipinski definition) is 0. The Balaban J connectivity index is 0.00000127. The number of benzene rings is 1. The fraction of sp³-hybridized carbons (Fsp3) is 0.533. The number of ketones is 1. The molecule has 8 heteroatoms. The van der Waals surface area contributed by atoms with Gasteiger partial charge < -0.3 is 4.18 Å². The van der Waals surface area contributed by atoms with Crippen LogP contribution in [-0.2, 0) is 21.3 Å². The van der Waals surface area contributed by atoms with E-state index in [2.05, 4.69) is 4.18 Å². The first-order chi connectivity index (χ1) is 10.5. The summed E-state index contributed by atoms with van der Waals surface area (Å²) in [6.07, 6.45) is 0.160. The van der Waals surface area contributed by atoms with E-state index in [9.17, 15) is 26.4 Å². The zero-order valence-electron chi connectivity index (χ0n) is 13.3. The van der Waals surface area contributed by atoms with Gasteiger partial charge >= 0.3 is 15.6 Å². The van der Waals surface area contributed by atoms with Gasteiger partial charge in [-0.3, -0.25) is 4.79 Å². The van der Waals surface area contributed by atoms with Gasteiger partial charge in [0.25, 0.3) is 0 Å². The van der Waals surface area contributed by atoms with Crippen molar-refractivity contribution in [2.24, 2.45) is 0 Å². The zero-order chi connectivity index (χ0) is 18.0. The SMILES string of the molecule is CC.Cc1ccc(OS(=O)(=O)C(F)(F)F)c2c1C(C)CC(=O)C2. The molecule has 2 rings (SSSR count). The number of carbonyl (C=O) groups excluding carboxylic acids is 1. The Morgan fingerprint density at radius 3 is 2.30 bits per heavy atom. The fourth-order valence-corrected chi connectivity index (χ4v) is 3.07. The van der Waals surface area contributed by atoms with Crippen molar-refractivity contribution in [3.8, 4) is 5.75 Å². The second-order valence-electron chi connectivity index (χ2n) is 5.08. The minimum atomic E-state index is -5.74. The van der Waals surface area contributed by atoms with E-state index in [4.69, 9.17) is 0 Å². The third-order valence-electron chi connectivity index (χ3n) is 3.42. The minimum absolute atomic E-state index is 0.121. The van der Waals surface area contributed by atoms with Crippen molar-refractivity contribution < 1.29 is 30.6 Å². The molecule has 0 amide bonds. The molecule has 0 aromatic heterocycles. The summed E-state index contributed by atoms with van der Waals surface area (Å²) in [7, 11) is -5.74. The fourth-order valence-electron chi connectivity index (χ4n) is 2.59. The molecule has 1 aromatic rings. The Bertz CT molecular complexity index is 693. The van der Waals surface area contributed by atoms with Crippen LogP contribution in [0.4, 0.5) is 13.2 Å². The number of alkyl halides is 3. The van der Waals surface area contributed by atoms with Gasteiger partial charge in [0.1, 0.15) is 11.5 Å². The maximum atomic E-state index is 12.4. The highest BCUT2D eigenvalue weighted by Crippen LogP contribution is 2.39. The van der Waals surface area contributed by atoms with Gasteiger partial charge in [-0.15, -0.1) is 0 Å². The molecule has 0 aliphatic heterocycles. The average molecular weight is 352 g/mol. The molecular formula is C15H19F3O4S. The maximum Gasteiger partial charge on any atom is 0.534 e. The summed E-state index contributed by atoms with van der Waals surface area (Å²) in [5, 5.41) is 0. The molecule has 0 N–H and O–H groups in total. The van der Waals surface area contributed by atoms with Gasteiger partial charge in [-0.25, -0.2) is 0 Å². The van der Waals surface area contributed by atoms with Crippen LogP contribution in [0.3, 0.4) is 0 Å². The molecule has 0 bridgehead atoms. The molecule has 0 fully saturated rings. The standard InChI is InChI=1S/C13H13F3O4S.C2H6/c1-7-3-4-11(20-21(18,19)13(14,15)16)10-6-9(17)5-8(2)12(7)10;1-2/h3-4,8H,5-6H2,1-2H3;1-2H3. The van der Waals surface area contributed by atoms with E-state index in [1.54, 1.807) is 13.8 Å². The number of halogens is 3. The highest BCUT2D eigenvalue weighted by atomic mass is 32.2. The molecule has 0 spiro atoms. The molecule has 1 aliphatic rings. The van der Waals surface area contributed by atoms with Gasteiger partial charge in [-0.1, -0.05) is 26.8 Å². The first kappa shape index (κ1) is 19.5. The van der Waals surface area contributed by atoms with Crippen LogP contribution in [0.5, 0.6) is 5.75 Å². The second kappa shape index (κ2) is 6.90. The number of fused-ring (bicyclic) bond motifs is 1. The van der Waals surface area contributed by atoms with E-state index in [0.717, 1.165) is 11.6 Å². The smallest absolute Gasteiger partial charge is 0.376 e. The number of carbonyl (C=O) groups is 1. The van der Waals surface area contributed by atoms with Gasteiger partial charge in [0.05, 0.1) is 0 Å². The van der Waals surface area contributed by atoms with Crippen molar-refractivity contribution in [2.75, 3.05) is 0 Å². The highest BCUT2D eigenvalue weighted by Gasteiger charge is 2.49. The number of aryl methyl sites for hydroxylation is 1. The molecule has 0 heterocycles. The molecule has 4 nitrogen and oxygen atoms in total. The molecule has 1 aromatic carbocycles. The van der Waals surface area contributed by atoms with Crippen LogP contribution in [0.15, 0.2) is 12.1 Å². The zero-order valence-corrected chi connectivity index (χ0v) is 14.1. The van der Waals surface area contributed by atoms with Crippen LogP contribution in [0, 0.1) is 6.92 Å². The molecule has 1 unspecified atom stereocenters. The third kappa shape index (κ3) is 4.04. The first-order valence-corrected chi connectivity index (χ1v) is 8.58. The topological polar surface area (TPSA) is 60.4 Å². The molecule has 0 saturated heterocycles. The Labute approximate surface area is 133 Å². The number of rotatable bonds is 2. The minimum Gasteiger partial charge on any atom is -0.376 e. The summed E-state index contributed by atoms with van der Waals surface area (Å²) in [5.74, 6) is -0.763. The van der Waals surface area contributed by atoms with Crippen molar-refractivity contribution in [3.05, 3.63) is 28.8 Å². The number of Topliss-reactive ketones (excluding diaryl/α,β-unsaturated/α-hetero) is 1. The van der Waals surface area contributed by atoms with Gasteiger partial charge in [-0.05, 0) is 30.0 Å². The Morgan fingerprint density at radius 2 is 1.78 bits per heavy atom. The highest BCUT2D eigenvalue weighted by molar-refractivity contribution is 7.88. The maximum absolute atomic E-state index is 12.4. The molecule has 0 radical (unpaired) electrons. The quantitative estimate of drug-likeness (QED) is 0.599. The Hall–Kier alpha value is -1.57. The summed E-state index contributed by atoms with van der Waals surface area (Å²) < 4.78 is 63.7. The van der Waals surface area contributed by atoms with Crippen molar-refractivity contribution in [2.45, 2.75) is 52.0 Å². The summed E-state index contributed by atoms with van der Waals surface area (Å²) >= 11 is 0. The lowest BCUT2D eigenvalue weighted by atomic mass is 9.80. The summed E-state index contributed by atoms with van der Waals surface area (Å²) in [4.78, 5) is 11.6. The molecule has 0 saturated carbocycles. The predicted molar refractivity (Wildman–Crippen MR) is 79.9 cm³/mol. The van der Waals surface area contributed by atoms with Gasteiger partial charge in [0.2, 0.25) is 0 Å². The average Bonchev–Trinajstić information content (AvgIpc) is 2.42. The van der Waals surface area contributed by atoms with Crippen molar-refractivity contribution in [1.82, 2.24) is 0 Å². The molecule has 23 heavy (non-hydrogen) atoms. The van der Waals surface area contributed by atoms with Gasteiger partial charge in [-0.2, -0.15) is 21.6 Å². The van der Waals surface area contributed by atoms with Crippen LogP contribution >= 0.6 is 0 Å². The normalized spacial score (nSPS) is 17.9. The predicted octanol–water partition coefficient (Wildman–Crippen LogP) is 3.87. The lowest BCUT2D eigenvalue weighted by Crippen LogP contribution is -2.29. The van der Waals surface area contributed by atoms with Crippen LogP contribution in [-0.4, -0.2) is 19.7 Å². The van der Waals surface area contributed by atoms with E-state index < -0.39 is 21.4 Å². The second-order valence-corrected chi connectivity index (χ2v) is 6.61. The summed E-state index contributed by atoms with van der Waals surface area (Å²) in [6, 6.07) is 2.65. The lowest BCUT2D eigenvalue weighted by Gasteiger charge is -2.25. The Kier molecular flexibility index (Phi) is 5.84. The monoisotopic (exact) mass is 352 g/mol. The van der Waals surface area contributed by atoms with E-state index in [-0.39, 0.29) is 30.1 Å². The lowest BCUT2D eigenvalue weighted by molar-refractivity contribution is -0.119. The van der Waals surface area contributed by atoms with Crippen molar-refractivity contribution in [3.63, 3.8) is 0 Å². The first-order valence-electron chi connectivity index (χ1n) is 7.17. The summed E-state index contributed by atoms with van der Waals surface area (Å²) in [6.45, 7) is 7.53. The summed E-state index contributed by atoms with van der Waals surface area (Å²) in [5.41, 5.74) is -3.80.